The molecule has 0 radical (unpaired) electrons. The van der Waals surface area contributed by atoms with Crippen LogP contribution < -0.4 is 14.4 Å². The molecular weight excluding hydrogens is 364 g/mol. The van der Waals surface area contributed by atoms with Crippen molar-refractivity contribution in [3.05, 3.63) is 54.1 Å². The molecule has 6 nitrogen and oxygen atoms in total. The number of hydrogen-bond acceptors (Lipinski definition) is 5. The predicted molar refractivity (Wildman–Crippen MR) is 107 cm³/mol. The largest absolute Gasteiger partial charge is 0.497 e. The molecule has 0 amide bonds. The Morgan fingerprint density at radius 1 is 0.926 bits per heavy atom. The summed E-state index contributed by atoms with van der Waals surface area (Å²) in [6.07, 6.45) is 0.537. The van der Waals surface area contributed by atoms with E-state index in [2.05, 4.69) is 4.90 Å². The van der Waals surface area contributed by atoms with Gasteiger partial charge in [0.1, 0.15) is 11.5 Å². The minimum Gasteiger partial charge on any atom is -0.497 e. The molecule has 0 atom stereocenters. The lowest BCUT2D eigenvalue weighted by Gasteiger charge is -2.36. The lowest BCUT2D eigenvalue weighted by Crippen LogP contribution is -2.49. The average Bonchev–Trinajstić information content (AvgIpc) is 2.72. The summed E-state index contributed by atoms with van der Waals surface area (Å²) in [4.78, 5) is 2.15. The Balaban J connectivity index is 1.61. The molecule has 0 aliphatic carbocycles. The predicted octanol–water partition coefficient (Wildman–Crippen LogP) is 2.40. The van der Waals surface area contributed by atoms with Crippen LogP contribution in [0, 0.1) is 0 Å². The fourth-order valence-corrected chi connectivity index (χ4v) is 4.75. The third kappa shape index (κ3) is 4.73. The van der Waals surface area contributed by atoms with Crippen molar-refractivity contribution in [3.63, 3.8) is 0 Å². The van der Waals surface area contributed by atoms with Crippen molar-refractivity contribution in [2.75, 3.05) is 51.1 Å². The van der Waals surface area contributed by atoms with Gasteiger partial charge in [-0.1, -0.05) is 30.3 Å². The van der Waals surface area contributed by atoms with Crippen LogP contribution >= 0.6 is 0 Å². The van der Waals surface area contributed by atoms with Crippen LogP contribution in [0.4, 0.5) is 5.69 Å². The molecule has 2 aromatic rings. The van der Waals surface area contributed by atoms with Gasteiger partial charge in [-0.15, -0.1) is 0 Å². The van der Waals surface area contributed by atoms with E-state index < -0.39 is 10.0 Å². The number of piperazine rings is 1. The fourth-order valence-electron chi connectivity index (χ4n) is 3.27. The Morgan fingerprint density at radius 3 is 2.26 bits per heavy atom. The fraction of sp³-hybridized carbons (Fsp3) is 0.400. The van der Waals surface area contributed by atoms with Gasteiger partial charge < -0.3 is 14.4 Å². The van der Waals surface area contributed by atoms with Crippen LogP contribution in [0.1, 0.15) is 5.56 Å². The molecule has 0 aromatic heterocycles. The van der Waals surface area contributed by atoms with Gasteiger partial charge in [-0.2, -0.15) is 4.31 Å². The third-order valence-electron chi connectivity index (χ3n) is 4.85. The van der Waals surface area contributed by atoms with Crippen molar-refractivity contribution in [2.24, 2.45) is 0 Å². The molecule has 3 rings (SSSR count). The van der Waals surface area contributed by atoms with Gasteiger partial charge in [-0.05, 0) is 24.1 Å². The molecule has 1 aliphatic heterocycles. The van der Waals surface area contributed by atoms with E-state index in [1.165, 1.54) is 0 Å². The van der Waals surface area contributed by atoms with Gasteiger partial charge in [-0.25, -0.2) is 8.42 Å². The van der Waals surface area contributed by atoms with Crippen molar-refractivity contribution in [2.45, 2.75) is 6.42 Å². The zero-order valence-electron chi connectivity index (χ0n) is 15.8. The average molecular weight is 391 g/mol. The van der Waals surface area contributed by atoms with E-state index in [1.807, 2.05) is 48.5 Å². The molecule has 1 aliphatic rings. The highest BCUT2D eigenvalue weighted by molar-refractivity contribution is 7.89. The number of anilines is 1. The maximum Gasteiger partial charge on any atom is 0.214 e. The minimum atomic E-state index is -3.26. The lowest BCUT2D eigenvalue weighted by molar-refractivity contribution is 0.375. The van der Waals surface area contributed by atoms with Gasteiger partial charge in [0.05, 0.1) is 25.7 Å². The SMILES string of the molecule is COc1ccc(N2CCN(S(=O)(=O)CCc3ccccc3)CC2)c(OC)c1. The molecule has 0 unspecified atom stereocenters. The first-order valence-electron chi connectivity index (χ1n) is 9.02. The van der Waals surface area contributed by atoms with Crippen LogP contribution in [0.25, 0.3) is 0 Å². The van der Waals surface area contributed by atoms with Crippen LogP contribution in [-0.2, 0) is 16.4 Å². The van der Waals surface area contributed by atoms with Crippen molar-refractivity contribution >= 4 is 15.7 Å². The summed E-state index contributed by atoms with van der Waals surface area (Å²) in [6.45, 7) is 2.22. The molecular formula is C20H26N2O4S. The van der Waals surface area contributed by atoms with Gasteiger partial charge in [0.25, 0.3) is 0 Å². The molecule has 0 bridgehead atoms. The Labute approximate surface area is 161 Å². The van der Waals surface area contributed by atoms with Crippen LogP contribution in [0.2, 0.25) is 0 Å². The zero-order valence-corrected chi connectivity index (χ0v) is 16.6. The Hall–Kier alpha value is -2.25. The van der Waals surface area contributed by atoms with E-state index in [0.29, 0.717) is 32.6 Å². The number of ether oxygens (including phenoxy) is 2. The van der Waals surface area contributed by atoms with Crippen LogP contribution in [-0.4, -0.2) is 58.9 Å². The molecule has 7 heteroatoms. The molecule has 0 saturated carbocycles. The first-order chi connectivity index (χ1) is 13.0. The summed E-state index contributed by atoms with van der Waals surface area (Å²) in [7, 11) is -0.0120. The van der Waals surface area contributed by atoms with Crippen LogP contribution in [0.3, 0.4) is 0 Å². The maximum atomic E-state index is 12.7. The van der Waals surface area contributed by atoms with Gasteiger partial charge in [0.2, 0.25) is 10.0 Å². The monoisotopic (exact) mass is 390 g/mol. The van der Waals surface area contributed by atoms with E-state index in [0.717, 1.165) is 22.7 Å². The van der Waals surface area contributed by atoms with Gasteiger partial charge >= 0.3 is 0 Å². The second kappa shape index (κ2) is 8.63. The van der Waals surface area contributed by atoms with Crippen LogP contribution in [0.5, 0.6) is 11.5 Å². The van der Waals surface area contributed by atoms with E-state index in [9.17, 15) is 8.42 Å². The van der Waals surface area contributed by atoms with E-state index >= 15 is 0 Å². The Bertz CT molecular complexity index is 848. The number of nitrogens with zero attached hydrogens (tertiary/aromatic N) is 2. The number of benzene rings is 2. The second-order valence-electron chi connectivity index (χ2n) is 6.48. The number of hydrogen-bond donors (Lipinski definition) is 0. The van der Waals surface area contributed by atoms with E-state index in [4.69, 9.17) is 9.47 Å². The molecule has 27 heavy (non-hydrogen) atoms. The standard InChI is InChI=1S/C20H26N2O4S/c1-25-18-8-9-19(20(16-18)26-2)21-11-13-22(14-12-21)27(23,24)15-10-17-6-4-3-5-7-17/h3-9,16H,10-15H2,1-2H3. The zero-order chi connectivity index (χ0) is 19.3. The lowest BCUT2D eigenvalue weighted by atomic mass is 10.2. The molecule has 1 saturated heterocycles. The van der Waals surface area contributed by atoms with Crippen molar-refractivity contribution in [1.82, 2.24) is 4.31 Å². The number of methoxy groups -OCH3 is 2. The Kier molecular flexibility index (Phi) is 6.23. The molecule has 0 spiro atoms. The molecule has 146 valence electrons. The summed E-state index contributed by atoms with van der Waals surface area (Å²) >= 11 is 0. The number of sulfonamides is 1. The smallest absolute Gasteiger partial charge is 0.214 e. The molecule has 1 fully saturated rings. The van der Waals surface area contributed by atoms with Crippen molar-refractivity contribution in [3.8, 4) is 11.5 Å². The Morgan fingerprint density at radius 2 is 1.63 bits per heavy atom. The molecule has 0 N–H and O–H groups in total. The normalized spacial score (nSPS) is 15.6. The summed E-state index contributed by atoms with van der Waals surface area (Å²) in [5.41, 5.74) is 2.00. The van der Waals surface area contributed by atoms with E-state index in [-0.39, 0.29) is 5.75 Å². The summed E-state index contributed by atoms with van der Waals surface area (Å²) in [5.74, 6) is 1.61. The highest BCUT2D eigenvalue weighted by Crippen LogP contribution is 2.33. The van der Waals surface area contributed by atoms with Crippen molar-refractivity contribution < 1.29 is 17.9 Å². The first-order valence-corrected chi connectivity index (χ1v) is 10.6. The van der Waals surface area contributed by atoms with Gasteiger partial charge in [0, 0.05) is 32.2 Å². The van der Waals surface area contributed by atoms with Gasteiger partial charge in [0.15, 0.2) is 0 Å². The number of aryl methyl sites for hydroxylation is 1. The van der Waals surface area contributed by atoms with Crippen LogP contribution in [0.15, 0.2) is 48.5 Å². The highest BCUT2D eigenvalue weighted by atomic mass is 32.2. The van der Waals surface area contributed by atoms with Gasteiger partial charge in [-0.3, -0.25) is 0 Å². The minimum absolute atomic E-state index is 0.142. The topological polar surface area (TPSA) is 59.1 Å². The molecule has 2 aromatic carbocycles. The molecule has 1 heterocycles. The van der Waals surface area contributed by atoms with Crippen molar-refractivity contribution in [1.29, 1.82) is 0 Å². The summed E-state index contributed by atoms with van der Waals surface area (Å²) < 4.78 is 37.7. The summed E-state index contributed by atoms with van der Waals surface area (Å²) in [5, 5.41) is 0. The quantitative estimate of drug-likeness (QED) is 0.727. The second-order valence-corrected chi connectivity index (χ2v) is 8.56. The highest BCUT2D eigenvalue weighted by Gasteiger charge is 2.27. The van der Waals surface area contributed by atoms with E-state index in [1.54, 1.807) is 18.5 Å². The number of rotatable bonds is 7. The third-order valence-corrected chi connectivity index (χ3v) is 6.72. The first kappa shape index (κ1) is 19.5. The maximum absolute atomic E-state index is 12.7. The summed E-state index contributed by atoms with van der Waals surface area (Å²) in [6, 6.07) is 15.4.